The van der Waals surface area contributed by atoms with E-state index in [4.69, 9.17) is 15.0 Å². The highest BCUT2D eigenvalue weighted by Crippen LogP contribution is 2.35. The summed E-state index contributed by atoms with van der Waals surface area (Å²) in [6, 6.07) is 148. The van der Waals surface area contributed by atoms with Crippen LogP contribution in [0.15, 0.2) is 480 Å². The Labute approximate surface area is 843 Å². The summed E-state index contributed by atoms with van der Waals surface area (Å²) in [5.74, 6) is 4.57. The second-order valence-electron chi connectivity index (χ2n) is 34.1. The number of aryl methyl sites for hydroxylation is 7. The van der Waals surface area contributed by atoms with Gasteiger partial charge in [0.1, 0.15) is 0 Å². The third kappa shape index (κ3) is 25.7. The molecule has 0 bridgehead atoms. The lowest BCUT2D eigenvalue weighted by atomic mass is 10.0. The van der Waals surface area contributed by atoms with Crippen molar-refractivity contribution in [2.24, 2.45) is 0 Å². The predicted molar refractivity (Wildman–Crippen MR) is 587 cm³/mol. The minimum Gasteiger partial charge on any atom is -0.265 e. The molecule has 24 aromatic rings. The molecule has 18 heteroatoms. The third-order valence-electron chi connectivity index (χ3n) is 23.2. The second kappa shape index (κ2) is 47.4. The van der Waals surface area contributed by atoms with Crippen LogP contribution in [0.1, 0.15) is 39.7 Å². The van der Waals surface area contributed by atoms with E-state index < -0.39 is 0 Å². The minimum absolute atomic E-state index is 0.737. The van der Waals surface area contributed by atoms with Crippen LogP contribution in [-0.2, 0) is 0 Å². The zero-order chi connectivity index (χ0) is 99.3. The SMILES string of the molecule is Cc1cc(-c2ccc3ccccc3c2)nc(-c2ccccc2)n1.Cc1cc(-c2cccc3ccccc23)nc(-c2ccccc2)n1.Cc1cc(-c2ccccc2)nc(-c2ccccc2)n1.Cc1cc(-c2ccccn2)nc(-c2ccccc2)n1.Cc1cc(-c2ccccn2)nc(-c2ccccn2)c1.Cc1cc(-c2ccnc3ccccc23)nc(-c2ccccc2)n1.Cc1cc(-c2ccncc2)nc(-c2ccccc2)n1. The van der Waals surface area contributed by atoms with Crippen molar-refractivity contribution in [3.63, 3.8) is 0 Å². The van der Waals surface area contributed by atoms with E-state index in [2.05, 4.69) is 185 Å². The van der Waals surface area contributed by atoms with E-state index in [1.165, 1.54) is 21.5 Å². The Morgan fingerprint density at radius 3 is 0.841 bits per heavy atom. The minimum atomic E-state index is 0.737. The van der Waals surface area contributed by atoms with E-state index in [1.807, 2.05) is 387 Å². The van der Waals surface area contributed by atoms with Crippen LogP contribution in [0.25, 0.3) is 191 Å². The standard InChI is InChI=1S/2C21H16N2.C20H15N3.C17H14N2.3C16H13N3/c1-15-14-20(23-21(22-15)17-9-3-2-4-10-17)19-13-7-11-16-8-5-6-12-18(16)19;1-15-13-20(23-21(22-15)17-8-3-2-4-9-17)19-12-11-16-7-5-6-10-18(16)14-19;1-14-13-19(23-20(22-14)15-7-3-2-4-8-15)17-11-12-21-18-10-6-5-9-16(17)18;1-13-12-16(14-8-4-2-5-9-14)19-17(18-13)15-10-6-3-7-11-15;1-12-10-15(13-6-2-4-8-17-13)19-16(11-12)14-7-3-5-9-18-14;1-12-11-15(14-9-5-6-10-17-14)19-16(18-12)13-7-3-2-4-8-13;1-12-11-15(13-7-9-17-10-8-13)19-16(18-12)14-5-3-2-4-6-14/h2*2-14H,1H3;2-13H,1H3;2-12H,1H3;3*2-11H,1H3. The molecule has 0 aliphatic heterocycles. The van der Waals surface area contributed by atoms with Gasteiger partial charge in [-0.1, -0.05) is 328 Å². The number of hydrogen-bond acceptors (Lipinski definition) is 18. The van der Waals surface area contributed by atoms with Crippen LogP contribution < -0.4 is 0 Å². The normalized spacial score (nSPS) is 10.6. The highest BCUT2D eigenvalue weighted by molar-refractivity contribution is 5.97. The number of pyridine rings is 6. The van der Waals surface area contributed by atoms with E-state index in [-0.39, 0.29) is 0 Å². The zero-order valence-corrected chi connectivity index (χ0v) is 81.2. The molecular weight excluding hydrogens is 1780 g/mol. The number of fused-ring (bicyclic) bond motifs is 3. The third-order valence-corrected chi connectivity index (χ3v) is 23.2. The first-order valence-corrected chi connectivity index (χ1v) is 47.7. The first-order chi connectivity index (χ1) is 71.2. The number of aromatic nitrogens is 18. The highest BCUT2D eigenvalue weighted by Gasteiger charge is 2.17. The maximum atomic E-state index is 4.81. The summed E-state index contributed by atoms with van der Waals surface area (Å²) in [4.78, 5) is 81.7. The second-order valence-corrected chi connectivity index (χ2v) is 34.1. The summed E-state index contributed by atoms with van der Waals surface area (Å²) >= 11 is 0. The van der Waals surface area contributed by atoms with Gasteiger partial charge in [0.25, 0.3) is 0 Å². The van der Waals surface area contributed by atoms with Crippen molar-refractivity contribution in [3.05, 3.63) is 520 Å². The Bertz CT molecular complexity index is 7500. The van der Waals surface area contributed by atoms with Gasteiger partial charge in [-0.2, -0.15) is 0 Å². The molecule has 0 atom stereocenters. The van der Waals surface area contributed by atoms with Gasteiger partial charge < -0.3 is 0 Å². The number of para-hydroxylation sites is 1. The lowest BCUT2D eigenvalue weighted by Crippen LogP contribution is -1.95. The molecule has 0 unspecified atom stereocenters. The van der Waals surface area contributed by atoms with E-state index in [0.29, 0.717) is 0 Å². The Morgan fingerprint density at radius 1 is 0.145 bits per heavy atom. The van der Waals surface area contributed by atoms with Crippen molar-refractivity contribution in [2.45, 2.75) is 48.5 Å². The molecule has 0 amide bonds. The number of nitrogens with zero attached hydrogens (tertiary/aromatic N) is 18. The number of hydrogen-bond donors (Lipinski definition) is 0. The molecule has 12 aromatic heterocycles. The molecular formula is C127H100N18. The Kier molecular flexibility index (Phi) is 31.4. The lowest BCUT2D eigenvalue weighted by molar-refractivity contribution is 1.10. The van der Waals surface area contributed by atoms with E-state index >= 15 is 0 Å². The smallest absolute Gasteiger partial charge is 0.160 e. The summed E-state index contributed by atoms with van der Waals surface area (Å²) in [6.45, 7) is 14.0. The molecule has 18 nitrogen and oxygen atoms in total. The topological polar surface area (TPSA) is 232 Å². The van der Waals surface area contributed by atoms with Crippen LogP contribution in [0.5, 0.6) is 0 Å². The number of rotatable bonds is 14. The van der Waals surface area contributed by atoms with Crippen molar-refractivity contribution in [2.75, 3.05) is 0 Å². The predicted octanol–water partition coefficient (Wildman–Crippen LogP) is 29.9. The summed E-state index contributed by atoms with van der Waals surface area (Å²) in [7, 11) is 0. The Hall–Kier alpha value is -19.2. The first kappa shape index (κ1) is 96.1. The van der Waals surface area contributed by atoms with Crippen LogP contribution in [0.4, 0.5) is 0 Å². The van der Waals surface area contributed by atoms with E-state index in [1.54, 1.807) is 31.0 Å². The summed E-state index contributed by atoms with van der Waals surface area (Å²) < 4.78 is 0. The molecule has 0 spiro atoms. The van der Waals surface area contributed by atoms with Crippen LogP contribution in [0.3, 0.4) is 0 Å². The van der Waals surface area contributed by atoms with Crippen molar-refractivity contribution < 1.29 is 0 Å². The van der Waals surface area contributed by atoms with Crippen LogP contribution in [0, 0.1) is 48.5 Å². The molecule has 0 radical (unpaired) electrons. The van der Waals surface area contributed by atoms with Gasteiger partial charge in [0, 0.05) is 138 Å². The van der Waals surface area contributed by atoms with Crippen LogP contribution in [0.2, 0.25) is 0 Å². The molecule has 24 rings (SSSR count). The Balaban J connectivity index is 0.000000111. The van der Waals surface area contributed by atoms with Crippen molar-refractivity contribution in [3.8, 4) is 159 Å². The Morgan fingerprint density at radius 2 is 0.441 bits per heavy atom. The van der Waals surface area contributed by atoms with Crippen LogP contribution >= 0.6 is 0 Å². The van der Waals surface area contributed by atoms with Crippen LogP contribution in [-0.4, -0.2) is 89.7 Å². The molecule has 12 heterocycles. The van der Waals surface area contributed by atoms with E-state index in [9.17, 15) is 0 Å². The summed E-state index contributed by atoms with van der Waals surface area (Å²) in [5, 5.41) is 6.01. The highest BCUT2D eigenvalue weighted by atomic mass is 14.9. The molecule has 0 N–H and O–H groups in total. The van der Waals surface area contributed by atoms with E-state index in [0.717, 1.165) is 209 Å². The van der Waals surface area contributed by atoms with Gasteiger partial charge in [0.2, 0.25) is 0 Å². The molecule has 0 saturated heterocycles. The average molecular weight is 1880 g/mol. The maximum Gasteiger partial charge on any atom is 0.160 e. The molecule has 0 aliphatic carbocycles. The first-order valence-electron chi connectivity index (χ1n) is 47.7. The molecule has 12 aromatic carbocycles. The van der Waals surface area contributed by atoms with Gasteiger partial charge in [-0.15, -0.1) is 0 Å². The molecule has 0 aliphatic rings. The van der Waals surface area contributed by atoms with Crippen molar-refractivity contribution in [1.82, 2.24) is 89.7 Å². The largest absolute Gasteiger partial charge is 0.265 e. The average Bonchev–Trinajstić information content (AvgIpc) is 0.797. The molecule has 0 fully saturated rings. The fourth-order valence-corrected chi connectivity index (χ4v) is 16.3. The zero-order valence-electron chi connectivity index (χ0n) is 81.2. The molecule has 145 heavy (non-hydrogen) atoms. The fourth-order valence-electron chi connectivity index (χ4n) is 16.3. The van der Waals surface area contributed by atoms with Gasteiger partial charge in [0.15, 0.2) is 34.9 Å². The van der Waals surface area contributed by atoms with Gasteiger partial charge in [-0.3, -0.25) is 24.9 Å². The van der Waals surface area contributed by atoms with Crippen molar-refractivity contribution >= 4 is 32.4 Å². The monoisotopic (exact) mass is 1880 g/mol. The molecule has 698 valence electrons. The van der Waals surface area contributed by atoms with Gasteiger partial charge in [0.05, 0.1) is 68.1 Å². The van der Waals surface area contributed by atoms with Gasteiger partial charge >= 0.3 is 0 Å². The van der Waals surface area contributed by atoms with Gasteiger partial charge in [-0.05, 0) is 191 Å². The summed E-state index contributed by atoms with van der Waals surface area (Å²) in [6.07, 6.45) is 10.7. The summed E-state index contributed by atoms with van der Waals surface area (Å²) in [5.41, 5.74) is 29.6. The lowest BCUT2D eigenvalue weighted by Gasteiger charge is -2.09. The fraction of sp³-hybridized carbons (Fsp3) is 0.0551. The molecule has 0 saturated carbocycles. The number of benzene rings is 12. The van der Waals surface area contributed by atoms with Crippen molar-refractivity contribution in [1.29, 1.82) is 0 Å². The maximum absolute atomic E-state index is 4.81. The quantitative estimate of drug-likeness (QED) is 0.0984. The van der Waals surface area contributed by atoms with Gasteiger partial charge in [-0.25, -0.2) is 64.8 Å².